The van der Waals surface area contributed by atoms with Gasteiger partial charge in [0.05, 0.1) is 0 Å². The minimum absolute atomic E-state index is 0.294. The Hall–Kier alpha value is -0.580. The summed E-state index contributed by atoms with van der Waals surface area (Å²) in [4.78, 5) is 0. The molecule has 0 saturated carbocycles. The topological polar surface area (TPSA) is 54.5 Å². The van der Waals surface area contributed by atoms with E-state index in [9.17, 15) is 0 Å². The molecule has 0 bridgehead atoms. The zero-order chi connectivity index (χ0) is 6.69. The van der Waals surface area contributed by atoms with Crippen molar-refractivity contribution in [2.75, 3.05) is 0 Å². The van der Waals surface area contributed by atoms with E-state index >= 15 is 0 Å². The molecule has 0 saturated heterocycles. The Morgan fingerprint density at radius 2 is 2.56 bits per heavy atom. The Bertz CT molecular complexity index is 159. The van der Waals surface area contributed by atoms with Crippen molar-refractivity contribution >= 4 is 12.6 Å². The monoisotopic (exact) mass is 144 g/mol. The van der Waals surface area contributed by atoms with E-state index in [1.165, 1.54) is 0 Å². The summed E-state index contributed by atoms with van der Waals surface area (Å²) in [5.74, 6) is 0.720. The van der Waals surface area contributed by atoms with Gasteiger partial charge in [-0.15, -0.1) is 10.2 Å². The number of hydrogen-bond acceptors (Lipinski definition) is 4. The minimum atomic E-state index is 0.294. The summed E-state index contributed by atoms with van der Waals surface area (Å²) in [6, 6.07) is 0. The third-order valence-electron chi connectivity index (χ3n) is 0.867. The van der Waals surface area contributed by atoms with Crippen LogP contribution in [0.25, 0.3) is 0 Å². The number of tetrazole rings is 1. The van der Waals surface area contributed by atoms with Crippen molar-refractivity contribution < 1.29 is 0 Å². The zero-order valence-electron chi connectivity index (χ0n) is 5.07. The number of H-pyrrole nitrogens is 1. The standard InChI is InChI=1S/C4H8N4S/c1-3(9)2-4-5-7-8-6-4/h3,9H,2H2,1H3,(H,5,6,7,8). The second kappa shape index (κ2) is 2.82. The highest BCUT2D eigenvalue weighted by atomic mass is 32.1. The van der Waals surface area contributed by atoms with E-state index in [-0.39, 0.29) is 0 Å². The van der Waals surface area contributed by atoms with Gasteiger partial charge in [0.1, 0.15) is 0 Å². The number of nitrogens with zero attached hydrogens (tertiary/aromatic N) is 3. The maximum Gasteiger partial charge on any atom is 0.175 e. The van der Waals surface area contributed by atoms with Crippen LogP contribution in [-0.2, 0) is 6.42 Å². The molecule has 0 aromatic carbocycles. The van der Waals surface area contributed by atoms with Gasteiger partial charge in [0.25, 0.3) is 0 Å². The molecule has 9 heavy (non-hydrogen) atoms. The second-order valence-corrected chi connectivity index (χ2v) is 2.76. The SMILES string of the molecule is CC(S)Cc1nn[nH]n1. The Kier molecular flexibility index (Phi) is 2.05. The molecular formula is C4H8N4S. The second-order valence-electron chi connectivity index (χ2n) is 1.88. The quantitative estimate of drug-likeness (QED) is 0.577. The van der Waals surface area contributed by atoms with Crippen LogP contribution in [0, 0.1) is 0 Å². The molecule has 0 radical (unpaired) electrons. The number of nitrogens with one attached hydrogen (secondary N) is 1. The summed E-state index contributed by atoms with van der Waals surface area (Å²) in [5, 5.41) is 13.6. The number of thiol groups is 1. The fraction of sp³-hybridized carbons (Fsp3) is 0.750. The fourth-order valence-corrected chi connectivity index (χ4v) is 0.697. The first-order valence-electron chi connectivity index (χ1n) is 2.69. The van der Waals surface area contributed by atoms with Crippen molar-refractivity contribution in [3.8, 4) is 0 Å². The van der Waals surface area contributed by atoms with Crippen LogP contribution in [0.1, 0.15) is 12.7 Å². The van der Waals surface area contributed by atoms with Gasteiger partial charge in [0, 0.05) is 11.7 Å². The van der Waals surface area contributed by atoms with E-state index in [4.69, 9.17) is 0 Å². The maximum atomic E-state index is 4.16. The highest BCUT2D eigenvalue weighted by Gasteiger charge is 2.00. The molecule has 0 aliphatic rings. The largest absolute Gasteiger partial charge is 0.177 e. The average Bonchev–Trinajstić information content (AvgIpc) is 2.15. The molecule has 1 rings (SSSR count). The first kappa shape index (κ1) is 6.54. The van der Waals surface area contributed by atoms with Crippen molar-refractivity contribution in [2.45, 2.75) is 18.6 Å². The normalized spacial score (nSPS) is 13.6. The molecule has 1 heterocycles. The fourth-order valence-electron chi connectivity index (χ4n) is 0.533. The lowest BCUT2D eigenvalue weighted by molar-refractivity contribution is 0.859. The van der Waals surface area contributed by atoms with Gasteiger partial charge >= 0.3 is 0 Å². The van der Waals surface area contributed by atoms with Crippen LogP contribution >= 0.6 is 12.6 Å². The highest BCUT2D eigenvalue weighted by Crippen LogP contribution is 1.98. The predicted octanol–water partition coefficient (Wildman–Crippen LogP) is 0.0605. The third kappa shape index (κ3) is 2.01. The Balaban J connectivity index is 2.48. The molecule has 1 aromatic rings. The zero-order valence-corrected chi connectivity index (χ0v) is 5.97. The van der Waals surface area contributed by atoms with Crippen LogP contribution in [0.5, 0.6) is 0 Å². The Morgan fingerprint density at radius 3 is 3.00 bits per heavy atom. The van der Waals surface area contributed by atoms with Crippen LogP contribution in [-0.4, -0.2) is 25.9 Å². The van der Waals surface area contributed by atoms with E-state index in [1.54, 1.807) is 0 Å². The summed E-state index contributed by atoms with van der Waals surface area (Å²) in [6.45, 7) is 1.99. The van der Waals surface area contributed by atoms with Gasteiger partial charge in [-0.1, -0.05) is 12.1 Å². The summed E-state index contributed by atoms with van der Waals surface area (Å²) < 4.78 is 0. The van der Waals surface area contributed by atoms with Crippen molar-refractivity contribution in [3.05, 3.63) is 5.82 Å². The molecule has 1 N–H and O–H groups in total. The molecule has 0 aliphatic heterocycles. The number of hydrogen-bond donors (Lipinski definition) is 2. The van der Waals surface area contributed by atoms with E-state index in [0.717, 1.165) is 12.2 Å². The van der Waals surface area contributed by atoms with Gasteiger partial charge in [-0.05, 0) is 0 Å². The van der Waals surface area contributed by atoms with Gasteiger partial charge in [-0.2, -0.15) is 17.8 Å². The third-order valence-corrected chi connectivity index (χ3v) is 1.05. The summed E-state index contributed by atoms with van der Waals surface area (Å²) in [7, 11) is 0. The van der Waals surface area contributed by atoms with Crippen LogP contribution in [0.15, 0.2) is 0 Å². The Labute approximate surface area is 58.5 Å². The van der Waals surface area contributed by atoms with Crippen LogP contribution in [0.2, 0.25) is 0 Å². The molecule has 1 atom stereocenters. The first-order chi connectivity index (χ1) is 4.29. The lowest BCUT2D eigenvalue weighted by Gasteiger charge is -1.94. The summed E-state index contributed by atoms with van der Waals surface area (Å²) in [6.07, 6.45) is 0.764. The van der Waals surface area contributed by atoms with Crippen molar-refractivity contribution in [1.29, 1.82) is 0 Å². The number of aromatic nitrogens is 4. The summed E-state index contributed by atoms with van der Waals surface area (Å²) in [5.41, 5.74) is 0. The van der Waals surface area contributed by atoms with Crippen LogP contribution in [0.3, 0.4) is 0 Å². The first-order valence-corrected chi connectivity index (χ1v) is 3.21. The van der Waals surface area contributed by atoms with Gasteiger partial charge in [0.2, 0.25) is 0 Å². The lowest BCUT2D eigenvalue weighted by Crippen LogP contribution is -1.98. The maximum absolute atomic E-state index is 4.16. The minimum Gasteiger partial charge on any atom is -0.177 e. The van der Waals surface area contributed by atoms with Gasteiger partial charge in [0.15, 0.2) is 5.82 Å². The van der Waals surface area contributed by atoms with E-state index in [2.05, 4.69) is 33.3 Å². The molecule has 0 amide bonds. The van der Waals surface area contributed by atoms with Gasteiger partial charge < -0.3 is 0 Å². The van der Waals surface area contributed by atoms with E-state index in [1.807, 2.05) is 6.92 Å². The van der Waals surface area contributed by atoms with E-state index < -0.39 is 0 Å². The van der Waals surface area contributed by atoms with E-state index in [0.29, 0.717) is 5.25 Å². The predicted molar refractivity (Wildman–Crippen MR) is 36.3 cm³/mol. The molecular weight excluding hydrogens is 136 g/mol. The van der Waals surface area contributed by atoms with Crippen molar-refractivity contribution in [2.24, 2.45) is 0 Å². The molecule has 0 fully saturated rings. The highest BCUT2D eigenvalue weighted by molar-refractivity contribution is 7.80. The van der Waals surface area contributed by atoms with Crippen molar-refractivity contribution in [3.63, 3.8) is 0 Å². The molecule has 1 aromatic heterocycles. The Morgan fingerprint density at radius 1 is 1.78 bits per heavy atom. The molecule has 4 nitrogen and oxygen atoms in total. The number of rotatable bonds is 2. The van der Waals surface area contributed by atoms with Crippen LogP contribution in [0.4, 0.5) is 0 Å². The van der Waals surface area contributed by atoms with Gasteiger partial charge in [-0.3, -0.25) is 0 Å². The smallest absolute Gasteiger partial charge is 0.175 e. The molecule has 1 unspecified atom stereocenters. The lowest BCUT2D eigenvalue weighted by atomic mass is 10.3. The molecule has 50 valence electrons. The molecule has 0 spiro atoms. The molecule has 5 heteroatoms. The van der Waals surface area contributed by atoms with Gasteiger partial charge in [-0.25, -0.2) is 0 Å². The van der Waals surface area contributed by atoms with Crippen molar-refractivity contribution in [1.82, 2.24) is 20.6 Å². The molecule has 0 aliphatic carbocycles. The summed E-state index contributed by atoms with van der Waals surface area (Å²) >= 11 is 4.16. The van der Waals surface area contributed by atoms with Crippen LogP contribution < -0.4 is 0 Å². The number of aromatic amines is 1. The average molecular weight is 144 g/mol.